The molecule has 1 aliphatic rings. The number of benzene rings is 1. The van der Waals surface area contributed by atoms with E-state index < -0.39 is 64.7 Å². The van der Waals surface area contributed by atoms with Crippen LogP contribution in [-0.2, 0) is 24.3 Å². The minimum absolute atomic E-state index is 0.183. The minimum atomic E-state index is -4.22. The van der Waals surface area contributed by atoms with Crippen molar-refractivity contribution in [2.75, 3.05) is 6.61 Å². The SMILES string of the molecule is CC(=O)N[C@H]1[C@H]([C@H](O)C(O)CO)OC(C(=O)O)=C[C@@H]1NS(=O)(=O)c1ccc(Cl)cc1. The van der Waals surface area contributed by atoms with Crippen LogP contribution in [0.1, 0.15) is 6.92 Å². The second-order valence-electron chi connectivity index (χ2n) is 6.49. The molecule has 0 spiro atoms. The molecule has 30 heavy (non-hydrogen) atoms. The average molecular weight is 465 g/mol. The number of carbonyl (C=O) groups is 2. The van der Waals surface area contributed by atoms with E-state index in [9.17, 15) is 33.3 Å². The number of ether oxygens (including phenoxy) is 1. The van der Waals surface area contributed by atoms with E-state index in [1.807, 2.05) is 0 Å². The maximum absolute atomic E-state index is 12.7. The van der Waals surface area contributed by atoms with Crippen LogP contribution in [0, 0.1) is 0 Å². The fraction of sp³-hybridized carbons (Fsp3) is 0.412. The summed E-state index contributed by atoms with van der Waals surface area (Å²) < 4.78 is 32.9. The fourth-order valence-electron chi connectivity index (χ4n) is 2.84. The van der Waals surface area contributed by atoms with E-state index in [2.05, 4.69) is 10.0 Å². The fourth-order valence-corrected chi connectivity index (χ4v) is 4.17. The Balaban J connectivity index is 2.47. The van der Waals surface area contributed by atoms with E-state index in [1.165, 1.54) is 24.3 Å². The third-order valence-electron chi connectivity index (χ3n) is 4.25. The zero-order chi connectivity index (χ0) is 22.6. The molecule has 1 unspecified atom stereocenters. The number of nitrogens with one attached hydrogen (secondary N) is 2. The Bertz CT molecular complexity index is 920. The Morgan fingerprint density at radius 1 is 1.23 bits per heavy atom. The van der Waals surface area contributed by atoms with Gasteiger partial charge in [0.2, 0.25) is 21.7 Å². The first kappa shape index (κ1) is 24.1. The van der Waals surface area contributed by atoms with Crippen LogP contribution in [-0.4, -0.2) is 77.7 Å². The number of hydrogen-bond donors (Lipinski definition) is 6. The van der Waals surface area contributed by atoms with Crippen LogP contribution in [0.5, 0.6) is 0 Å². The summed E-state index contributed by atoms with van der Waals surface area (Å²) >= 11 is 5.76. The lowest BCUT2D eigenvalue weighted by Gasteiger charge is -2.39. The standard InChI is InChI=1S/C17H21ClN2O9S/c1-8(22)19-14-11(20-30(27,28)10-4-2-9(18)3-5-10)6-13(17(25)26)29-16(14)15(24)12(23)7-21/h2-6,11-12,14-16,20-21,23-24H,7H2,1H3,(H,19,22)(H,25,26)/t11-,12?,14+,15+,16+/m0/s1. The molecule has 0 fully saturated rings. The summed E-state index contributed by atoms with van der Waals surface area (Å²) in [5, 5.41) is 41.1. The van der Waals surface area contributed by atoms with Crippen molar-refractivity contribution in [1.82, 2.24) is 10.0 Å². The highest BCUT2D eigenvalue weighted by Crippen LogP contribution is 2.25. The van der Waals surface area contributed by atoms with Crippen LogP contribution in [0.15, 0.2) is 41.0 Å². The van der Waals surface area contributed by atoms with Crippen molar-refractivity contribution in [3.63, 3.8) is 0 Å². The summed E-state index contributed by atoms with van der Waals surface area (Å²) in [6.45, 7) is 0.230. The molecule has 1 aromatic rings. The average Bonchev–Trinajstić information content (AvgIpc) is 2.67. The van der Waals surface area contributed by atoms with E-state index in [0.29, 0.717) is 5.02 Å². The van der Waals surface area contributed by atoms with Crippen LogP contribution < -0.4 is 10.0 Å². The maximum Gasteiger partial charge on any atom is 0.370 e. The van der Waals surface area contributed by atoms with Gasteiger partial charge in [-0.3, -0.25) is 4.79 Å². The van der Waals surface area contributed by atoms with E-state index in [0.717, 1.165) is 13.0 Å². The maximum atomic E-state index is 12.7. The molecule has 6 N–H and O–H groups in total. The van der Waals surface area contributed by atoms with Gasteiger partial charge in [-0.05, 0) is 30.3 Å². The molecule has 0 bridgehead atoms. The Labute approximate surface area is 177 Å². The van der Waals surface area contributed by atoms with Crippen molar-refractivity contribution >= 4 is 33.5 Å². The Kier molecular flexibility index (Phi) is 7.80. The summed E-state index contributed by atoms with van der Waals surface area (Å²) in [7, 11) is -4.22. The first-order chi connectivity index (χ1) is 14.0. The number of rotatable bonds is 8. The first-order valence-corrected chi connectivity index (χ1v) is 10.5. The molecule has 1 aromatic carbocycles. The van der Waals surface area contributed by atoms with Gasteiger partial charge in [0.25, 0.3) is 0 Å². The quantitative estimate of drug-likeness (QED) is 0.268. The number of amides is 1. The molecule has 13 heteroatoms. The largest absolute Gasteiger partial charge is 0.478 e. The highest BCUT2D eigenvalue weighted by Gasteiger charge is 2.44. The summed E-state index contributed by atoms with van der Waals surface area (Å²) in [5.41, 5.74) is 0. The number of halogens is 1. The topological polar surface area (TPSA) is 182 Å². The van der Waals surface area contributed by atoms with Gasteiger partial charge < -0.3 is 30.5 Å². The zero-order valence-electron chi connectivity index (χ0n) is 15.6. The molecule has 1 amide bonds. The molecule has 0 aliphatic carbocycles. The Hall–Kier alpha value is -2.22. The summed E-state index contributed by atoms with van der Waals surface area (Å²) in [4.78, 5) is 22.9. The van der Waals surface area contributed by atoms with Gasteiger partial charge in [-0.1, -0.05) is 11.6 Å². The summed E-state index contributed by atoms with van der Waals surface area (Å²) in [5.74, 6) is -2.92. The summed E-state index contributed by atoms with van der Waals surface area (Å²) in [6.07, 6.45) is -4.26. The number of aliphatic hydroxyl groups is 3. The van der Waals surface area contributed by atoms with Crippen molar-refractivity contribution in [3.05, 3.63) is 41.1 Å². The smallest absolute Gasteiger partial charge is 0.370 e. The molecule has 1 heterocycles. The van der Waals surface area contributed by atoms with Crippen molar-refractivity contribution in [2.45, 2.75) is 42.2 Å². The van der Waals surface area contributed by atoms with Crippen molar-refractivity contribution < 1.29 is 43.2 Å². The predicted molar refractivity (Wildman–Crippen MR) is 103 cm³/mol. The van der Waals surface area contributed by atoms with E-state index in [-0.39, 0.29) is 4.90 Å². The van der Waals surface area contributed by atoms with Crippen molar-refractivity contribution in [3.8, 4) is 0 Å². The molecule has 0 saturated carbocycles. The molecule has 0 aromatic heterocycles. The molecule has 0 saturated heterocycles. The van der Waals surface area contributed by atoms with Crippen LogP contribution in [0.3, 0.4) is 0 Å². The highest BCUT2D eigenvalue weighted by molar-refractivity contribution is 7.89. The number of carboxylic acids is 1. The van der Waals surface area contributed by atoms with E-state index in [4.69, 9.17) is 21.4 Å². The normalized spacial score (nSPS) is 23.6. The Morgan fingerprint density at radius 2 is 1.83 bits per heavy atom. The van der Waals surface area contributed by atoms with Crippen molar-refractivity contribution in [2.24, 2.45) is 0 Å². The zero-order valence-corrected chi connectivity index (χ0v) is 17.2. The lowest BCUT2D eigenvalue weighted by atomic mass is 9.92. The molecule has 0 radical (unpaired) electrons. The van der Waals surface area contributed by atoms with Crippen LogP contribution in [0.25, 0.3) is 0 Å². The monoisotopic (exact) mass is 464 g/mol. The molecular weight excluding hydrogens is 444 g/mol. The third kappa shape index (κ3) is 5.68. The van der Waals surface area contributed by atoms with Gasteiger partial charge >= 0.3 is 5.97 Å². The lowest BCUT2D eigenvalue weighted by molar-refractivity contribution is -0.146. The number of hydrogen-bond acceptors (Lipinski definition) is 8. The van der Waals surface area contributed by atoms with Crippen LogP contribution in [0.4, 0.5) is 0 Å². The minimum Gasteiger partial charge on any atom is -0.478 e. The first-order valence-electron chi connectivity index (χ1n) is 8.60. The Morgan fingerprint density at radius 3 is 2.33 bits per heavy atom. The van der Waals surface area contributed by atoms with Crippen LogP contribution >= 0.6 is 11.6 Å². The van der Waals surface area contributed by atoms with Gasteiger partial charge in [0, 0.05) is 11.9 Å². The number of carboxylic acid groups (broad SMARTS) is 1. The third-order valence-corrected chi connectivity index (χ3v) is 5.98. The van der Waals surface area contributed by atoms with Gasteiger partial charge in [-0.2, -0.15) is 0 Å². The number of aliphatic hydroxyl groups excluding tert-OH is 3. The van der Waals surface area contributed by atoms with E-state index >= 15 is 0 Å². The number of aliphatic carboxylic acids is 1. The van der Waals surface area contributed by atoms with Crippen LogP contribution in [0.2, 0.25) is 5.02 Å². The van der Waals surface area contributed by atoms with Gasteiger partial charge in [0.15, 0.2) is 0 Å². The lowest BCUT2D eigenvalue weighted by Crippen LogP contribution is -2.63. The molecule has 166 valence electrons. The molecular formula is C17H21ClN2O9S. The molecule has 2 rings (SSSR count). The van der Waals surface area contributed by atoms with Gasteiger partial charge in [-0.15, -0.1) is 0 Å². The van der Waals surface area contributed by atoms with Crippen molar-refractivity contribution in [1.29, 1.82) is 0 Å². The highest BCUT2D eigenvalue weighted by atomic mass is 35.5. The van der Waals surface area contributed by atoms with Gasteiger partial charge in [0.05, 0.1) is 23.6 Å². The molecule has 5 atom stereocenters. The number of carbonyl (C=O) groups excluding carboxylic acids is 1. The second-order valence-corrected chi connectivity index (χ2v) is 8.64. The number of sulfonamides is 1. The second kappa shape index (κ2) is 9.73. The molecule has 1 aliphatic heterocycles. The molecule has 11 nitrogen and oxygen atoms in total. The summed E-state index contributed by atoms with van der Waals surface area (Å²) in [6, 6.07) is 2.44. The van der Waals surface area contributed by atoms with E-state index in [1.54, 1.807) is 0 Å². The van der Waals surface area contributed by atoms with Gasteiger partial charge in [0.1, 0.15) is 18.3 Å². The predicted octanol–water partition coefficient (Wildman–Crippen LogP) is -1.43. The van der Waals surface area contributed by atoms with Gasteiger partial charge in [-0.25, -0.2) is 17.9 Å².